The molecule has 34 heavy (non-hydrogen) atoms. The standard InChI is InChI=1S/C23H30N6O5/c1-4-8-34-9-7-29-18-10-17(16-5-6-20(33-3)25-12-16)13-26-21(18)28-22(23(29)32)27-14-19(31)24-11-15(2)30/h5-6,10,12-13,15,30H,4,7-9,11,14H2,1-3H3,(H,24,31)(H,26,27,28)/p+1/t15-/m0/s1. The molecule has 0 saturated carbocycles. The van der Waals surface area contributed by atoms with E-state index < -0.39 is 6.10 Å². The van der Waals surface area contributed by atoms with Gasteiger partial charge in [-0.25, -0.2) is 9.97 Å². The van der Waals surface area contributed by atoms with Crippen LogP contribution in [0.3, 0.4) is 0 Å². The highest BCUT2D eigenvalue weighted by atomic mass is 16.5. The Labute approximate surface area is 197 Å². The lowest BCUT2D eigenvalue weighted by Gasteiger charge is -2.12. The molecular formula is C23H31N6O5+. The Morgan fingerprint density at radius 3 is 2.71 bits per heavy atom. The number of fused-ring (bicyclic) bond motifs is 1. The Morgan fingerprint density at radius 1 is 1.24 bits per heavy atom. The minimum absolute atomic E-state index is 0.0393. The SMILES string of the molecule is CCCOCCn1c(=O)c([NH2+]CC(=O)NC[C@H](C)O)nc2ncc(-c3ccc(OC)nc3)cc21. The number of pyridine rings is 2. The van der Waals surface area contributed by atoms with Gasteiger partial charge in [0.25, 0.3) is 11.7 Å². The van der Waals surface area contributed by atoms with Crippen LogP contribution in [0.1, 0.15) is 20.3 Å². The zero-order valence-corrected chi connectivity index (χ0v) is 19.7. The van der Waals surface area contributed by atoms with E-state index >= 15 is 0 Å². The van der Waals surface area contributed by atoms with Crippen LogP contribution in [0.4, 0.5) is 5.82 Å². The van der Waals surface area contributed by atoms with Crippen LogP contribution in [0.2, 0.25) is 0 Å². The fourth-order valence-corrected chi connectivity index (χ4v) is 3.25. The first-order valence-corrected chi connectivity index (χ1v) is 11.2. The lowest BCUT2D eigenvalue weighted by molar-refractivity contribution is -0.564. The molecule has 3 aromatic heterocycles. The summed E-state index contributed by atoms with van der Waals surface area (Å²) >= 11 is 0. The van der Waals surface area contributed by atoms with Crippen LogP contribution in [0.15, 0.2) is 35.4 Å². The number of hydrogen-bond donors (Lipinski definition) is 3. The number of ether oxygens (including phenoxy) is 2. The van der Waals surface area contributed by atoms with Gasteiger partial charge < -0.3 is 19.9 Å². The van der Waals surface area contributed by atoms with Gasteiger partial charge in [-0.3, -0.25) is 19.5 Å². The molecule has 182 valence electrons. The van der Waals surface area contributed by atoms with Crippen LogP contribution in [-0.2, 0) is 16.1 Å². The molecule has 1 atom stereocenters. The summed E-state index contributed by atoms with van der Waals surface area (Å²) in [4.78, 5) is 38.4. The normalized spacial score (nSPS) is 12.0. The van der Waals surface area contributed by atoms with Crippen molar-refractivity contribution in [2.24, 2.45) is 0 Å². The summed E-state index contributed by atoms with van der Waals surface area (Å²) in [6.07, 6.45) is 3.57. The van der Waals surface area contributed by atoms with Crippen molar-refractivity contribution in [2.45, 2.75) is 32.9 Å². The summed E-state index contributed by atoms with van der Waals surface area (Å²) < 4.78 is 12.3. The molecule has 0 aliphatic carbocycles. The first-order chi connectivity index (χ1) is 16.4. The molecule has 0 bridgehead atoms. The second-order valence-electron chi connectivity index (χ2n) is 7.78. The van der Waals surface area contributed by atoms with Gasteiger partial charge >= 0.3 is 5.56 Å². The second kappa shape index (κ2) is 12.2. The first-order valence-electron chi connectivity index (χ1n) is 11.2. The highest BCUT2D eigenvalue weighted by Gasteiger charge is 2.17. The zero-order chi connectivity index (χ0) is 24.5. The topological polar surface area (TPSA) is 145 Å². The van der Waals surface area contributed by atoms with Gasteiger partial charge in [0.1, 0.15) is 0 Å². The van der Waals surface area contributed by atoms with E-state index in [1.54, 1.807) is 37.1 Å². The predicted octanol–water partition coefficient (Wildman–Crippen LogP) is -0.0194. The third-order valence-corrected chi connectivity index (χ3v) is 4.99. The van der Waals surface area contributed by atoms with Crippen molar-refractivity contribution < 1.29 is 24.7 Å². The molecule has 3 aromatic rings. The van der Waals surface area contributed by atoms with E-state index in [-0.39, 0.29) is 30.4 Å². The second-order valence-corrected chi connectivity index (χ2v) is 7.78. The van der Waals surface area contributed by atoms with Crippen molar-refractivity contribution in [3.05, 3.63) is 40.9 Å². The van der Waals surface area contributed by atoms with Crippen molar-refractivity contribution in [2.75, 3.05) is 33.4 Å². The summed E-state index contributed by atoms with van der Waals surface area (Å²) in [5.74, 6) is 0.332. The number of aromatic nitrogens is 4. The summed E-state index contributed by atoms with van der Waals surface area (Å²) in [5, 5.41) is 13.4. The molecule has 0 aliphatic heterocycles. The maximum absolute atomic E-state index is 13.2. The minimum atomic E-state index is -0.651. The lowest BCUT2D eigenvalue weighted by atomic mass is 10.1. The molecule has 0 spiro atoms. The van der Waals surface area contributed by atoms with Gasteiger partial charge in [-0.15, -0.1) is 0 Å². The number of amides is 1. The van der Waals surface area contributed by atoms with E-state index in [2.05, 4.69) is 20.3 Å². The van der Waals surface area contributed by atoms with E-state index in [0.29, 0.717) is 36.8 Å². The van der Waals surface area contributed by atoms with Crippen LogP contribution in [-0.4, -0.2) is 70.0 Å². The Kier molecular flexibility index (Phi) is 9.02. The average molecular weight is 472 g/mol. The van der Waals surface area contributed by atoms with Crippen molar-refractivity contribution in [3.63, 3.8) is 0 Å². The molecule has 1 amide bonds. The van der Waals surface area contributed by atoms with Crippen LogP contribution < -0.4 is 20.9 Å². The number of quaternary nitrogens is 1. The molecule has 0 aliphatic rings. The molecular weight excluding hydrogens is 440 g/mol. The Morgan fingerprint density at radius 2 is 2.03 bits per heavy atom. The number of nitrogens with zero attached hydrogens (tertiary/aromatic N) is 4. The third-order valence-electron chi connectivity index (χ3n) is 4.99. The largest absolute Gasteiger partial charge is 0.481 e. The van der Waals surface area contributed by atoms with Gasteiger partial charge in [-0.2, -0.15) is 4.98 Å². The van der Waals surface area contributed by atoms with Crippen molar-refractivity contribution in [1.82, 2.24) is 24.8 Å². The molecule has 0 unspecified atom stereocenters. The number of aliphatic hydroxyl groups excluding tert-OH is 1. The van der Waals surface area contributed by atoms with Gasteiger partial charge in [-0.1, -0.05) is 6.92 Å². The Bertz CT molecular complexity index is 1160. The quantitative estimate of drug-likeness (QED) is 0.313. The molecule has 11 heteroatoms. The summed E-state index contributed by atoms with van der Waals surface area (Å²) in [6.45, 7) is 4.97. The maximum Gasteiger partial charge on any atom is 0.333 e. The maximum atomic E-state index is 13.2. The van der Waals surface area contributed by atoms with Gasteiger partial charge in [-0.05, 0) is 25.5 Å². The minimum Gasteiger partial charge on any atom is -0.481 e. The van der Waals surface area contributed by atoms with Crippen LogP contribution in [0.5, 0.6) is 5.88 Å². The number of nitrogens with two attached hydrogens (primary N) is 1. The fraction of sp³-hybridized carbons (Fsp3) is 0.435. The Balaban J connectivity index is 1.93. The zero-order valence-electron chi connectivity index (χ0n) is 19.7. The van der Waals surface area contributed by atoms with Crippen molar-refractivity contribution >= 4 is 22.9 Å². The molecule has 0 saturated heterocycles. The lowest BCUT2D eigenvalue weighted by Crippen LogP contribution is -2.83. The molecule has 3 heterocycles. The Hall–Kier alpha value is -3.41. The number of hydrogen-bond acceptors (Lipinski definition) is 8. The summed E-state index contributed by atoms with van der Waals surface area (Å²) in [7, 11) is 1.55. The smallest absolute Gasteiger partial charge is 0.333 e. The molecule has 0 radical (unpaired) electrons. The van der Waals surface area contributed by atoms with E-state index in [1.165, 1.54) is 5.32 Å². The van der Waals surface area contributed by atoms with Gasteiger partial charge in [0.2, 0.25) is 5.88 Å². The molecule has 4 N–H and O–H groups in total. The molecule has 0 aromatic carbocycles. The van der Waals surface area contributed by atoms with E-state index in [9.17, 15) is 14.7 Å². The number of carbonyl (C=O) groups excluding carboxylic acids is 1. The van der Waals surface area contributed by atoms with Crippen molar-refractivity contribution in [1.29, 1.82) is 0 Å². The number of methoxy groups -OCH3 is 1. The fourth-order valence-electron chi connectivity index (χ4n) is 3.25. The van der Waals surface area contributed by atoms with Crippen molar-refractivity contribution in [3.8, 4) is 17.0 Å². The van der Waals surface area contributed by atoms with E-state index in [0.717, 1.165) is 17.5 Å². The third kappa shape index (κ3) is 6.56. The first kappa shape index (κ1) is 25.2. The number of carbonyl (C=O) groups is 1. The van der Waals surface area contributed by atoms with Crippen LogP contribution in [0.25, 0.3) is 22.3 Å². The molecule has 0 fully saturated rings. The molecule has 11 nitrogen and oxygen atoms in total. The number of aliphatic hydroxyl groups is 1. The predicted molar refractivity (Wildman–Crippen MR) is 126 cm³/mol. The van der Waals surface area contributed by atoms with E-state index in [1.807, 2.05) is 19.1 Å². The van der Waals surface area contributed by atoms with Gasteiger partial charge in [0, 0.05) is 42.7 Å². The van der Waals surface area contributed by atoms with Gasteiger partial charge in [0.05, 0.1) is 31.9 Å². The van der Waals surface area contributed by atoms with Gasteiger partial charge in [0.15, 0.2) is 12.2 Å². The van der Waals surface area contributed by atoms with Crippen LogP contribution >= 0.6 is 0 Å². The highest BCUT2D eigenvalue weighted by molar-refractivity contribution is 5.79. The summed E-state index contributed by atoms with van der Waals surface area (Å²) in [5.41, 5.74) is 2.22. The monoisotopic (exact) mass is 471 g/mol. The van der Waals surface area contributed by atoms with Crippen LogP contribution in [0, 0.1) is 0 Å². The number of rotatable bonds is 12. The highest BCUT2D eigenvalue weighted by Crippen LogP contribution is 2.22. The average Bonchev–Trinajstić information content (AvgIpc) is 2.85. The summed E-state index contributed by atoms with van der Waals surface area (Å²) in [6, 6.07) is 5.46. The number of nitrogens with one attached hydrogen (secondary N) is 1. The molecule has 3 rings (SSSR count). The van der Waals surface area contributed by atoms with E-state index in [4.69, 9.17) is 9.47 Å².